The number of carboxylic acid groups (broad SMARTS) is 2. The number of amides is 5. The Balaban J connectivity index is 0.00000141. The van der Waals surface area contributed by atoms with Gasteiger partial charge in [-0.3, -0.25) is 38.9 Å². The number of nitrogens with zero attached hydrogens (tertiary/aromatic N) is 2. The van der Waals surface area contributed by atoms with Crippen molar-refractivity contribution >= 4 is 52.8 Å². The maximum atomic E-state index is 13.1. The molecule has 0 radical (unpaired) electrons. The molecule has 1 aromatic carbocycles. The Kier molecular flexibility index (Phi) is 15.2. The number of likely N-dealkylation sites (tertiary alicyclic amines) is 1. The lowest BCUT2D eigenvalue weighted by Gasteiger charge is -2.29. The highest BCUT2D eigenvalue weighted by atomic mass is 19.4. The van der Waals surface area contributed by atoms with Gasteiger partial charge in [0, 0.05) is 30.8 Å². The smallest absolute Gasteiger partial charge is 0.481 e. The van der Waals surface area contributed by atoms with Crippen molar-refractivity contribution in [3.63, 3.8) is 0 Å². The molecule has 1 aromatic rings. The molecule has 5 amide bonds. The van der Waals surface area contributed by atoms with Crippen molar-refractivity contribution in [1.29, 1.82) is 0 Å². The second-order valence-electron chi connectivity index (χ2n) is 10.2. The first-order valence-corrected chi connectivity index (χ1v) is 14.1. The van der Waals surface area contributed by atoms with Crippen LogP contribution in [0.4, 0.5) is 24.5 Å². The highest BCUT2D eigenvalue weighted by Gasteiger charge is 2.39. The van der Waals surface area contributed by atoms with Crippen molar-refractivity contribution in [3.8, 4) is 0 Å². The van der Waals surface area contributed by atoms with E-state index in [1.165, 1.54) is 43.0 Å². The zero-order valence-corrected chi connectivity index (χ0v) is 25.5. The second kappa shape index (κ2) is 18.0. The molecule has 2 rings (SSSR count). The third-order valence-corrected chi connectivity index (χ3v) is 6.53. The van der Waals surface area contributed by atoms with E-state index in [0.717, 1.165) is 0 Å². The lowest BCUT2D eigenvalue weighted by molar-refractivity contribution is -0.384. The lowest BCUT2D eigenvalue weighted by Crippen LogP contribution is -2.56. The third-order valence-electron chi connectivity index (χ3n) is 6.53. The summed E-state index contributed by atoms with van der Waals surface area (Å²) >= 11 is 0. The highest BCUT2D eigenvalue weighted by Crippen LogP contribution is 2.20. The molecule has 1 aliphatic heterocycles. The van der Waals surface area contributed by atoms with Crippen LogP contribution in [0.3, 0.4) is 0 Å². The number of alkyl halides is 3. The molecule has 47 heavy (non-hydrogen) atoms. The number of halogens is 3. The van der Waals surface area contributed by atoms with Gasteiger partial charge in [0.15, 0.2) is 0 Å². The van der Waals surface area contributed by atoms with Crippen molar-refractivity contribution < 1.29 is 61.9 Å². The van der Waals surface area contributed by atoms with Crippen molar-refractivity contribution in [2.45, 2.75) is 83.2 Å². The van der Waals surface area contributed by atoms with E-state index in [9.17, 15) is 52.1 Å². The molecule has 6 N–H and O–H groups in total. The standard InChI is InChI=1S/C25H34N6O9.C2HF3O2/c1-4-18(23(36)28-16-7-9-17(10-8-16)31(39)40)29-24(37)19-6-5-13-30(19)25(38)15(3)27-22(35)14(2)26-20(32)11-12-21(33)34;3-2(4,5)1(6)7/h7-10,14-15,18-19H,4-6,11-13H2,1-3H3,(H,26,32)(H,27,35)(H,28,36)(H,29,37)(H,33,34);(H,6,7)/t14-,15-,18-,19-;/m0./s1. The number of carbonyl (C=O) groups excluding carboxylic acids is 5. The summed E-state index contributed by atoms with van der Waals surface area (Å²) in [5, 5.41) is 36.7. The molecule has 1 saturated heterocycles. The Hall–Kier alpha value is -5.30. The Bertz CT molecular complexity index is 1340. The predicted octanol–water partition coefficient (Wildman–Crippen LogP) is 0.927. The number of hydrogen-bond donors (Lipinski definition) is 6. The number of benzene rings is 1. The van der Waals surface area contributed by atoms with E-state index >= 15 is 0 Å². The molecule has 0 spiro atoms. The van der Waals surface area contributed by atoms with E-state index in [2.05, 4.69) is 21.3 Å². The number of rotatable bonds is 13. The fourth-order valence-electron chi connectivity index (χ4n) is 4.07. The fourth-order valence-corrected chi connectivity index (χ4v) is 4.07. The highest BCUT2D eigenvalue weighted by molar-refractivity contribution is 5.99. The fraction of sp³-hybridized carbons (Fsp3) is 0.519. The second-order valence-corrected chi connectivity index (χ2v) is 10.2. The van der Waals surface area contributed by atoms with Gasteiger partial charge in [-0.1, -0.05) is 6.92 Å². The monoisotopic (exact) mass is 676 g/mol. The zero-order chi connectivity index (χ0) is 36.1. The Labute approximate surface area is 265 Å². The number of anilines is 1. The van der Waals surface area contributed by atoms with Gasteiger partial charge in [0.2, 0.25) is 29.5 Å². The van der Waals surface area contributed by atoms with Gasteiger partial charge in [0.05, 0.1) is 11.3 Å². The molecule has 0 bridgehead atoms. The largest absolute Gasteiger partial charge is 0.490 e. The third kappa shape index (κ3) is 13.3. The summed E-state index contributed by atoms with van der Waals surface area (Å²) in [6.45, 7) is 4.80. The minimum Gasteiger partial charge on any atom is -0.481 e. The van der Waals surface area contributed by atoms with Crippen LogP contribution in [-0.2, 0) is 33.6 Å². The van der Waals surface area contributed by atoms with E-state index in [-0.39, 0.29) is 31.5 Å². The van der Waals surface area contributed by atoms with Crippen LogP contribution in [0.1, 0.15) is 52.9 Å². The normalized spacial score (nSPS) is 15.9. The van der Waals surface area contributed by atoms with Gasteiger partial charge in [-0.25, -0.2) is 4.79 Å². The number of nitrogens with one attached hydrogen (secondary N) is 4. The van der Waals surface area contributed by atoms with E-state index in [0.29, 0.717) is 18.5 Å². The molecule has 0 aliphatic carbocycles. The van der Waals surface area contributed by atoms with E-state index < -0.39 is 76.7 Å². The van der Waals surface area contributed by atoms with Crippen molar-refractivity contribution in [3.05, 3.63) is 34.4 Å². The molecular formula is C27H35F3N6O11. The van der Waals surface area contributed by atoms with Gasteiger partial charge >= 0.3 is 18.1 Å². The molecule has 1 heterocycles. The molecular weight excluding hydrogens is 641 g/mol. The molecule has 17 nitrogen and oxygen atoms in total. The maximum Gasteiger partial charge on any atom is 0.490 e. The SMILES string of the molecule is CC[C@H](NC(=O)[C@@H]1CCCN1C(=O)[C@H](C)NC(=O)[C@H](C)NC(=O)CCC(=O)O)C(=O)Nc1ccc([N+](=O)[O-])cc1.O=C(O)C(F)(F)F. The molecule has 1 aliphatic rings. The average Bonchev–Trinajstić information content (AvgIpc) is 3.48. The summed E-state index contributed by atoms with van der Waals surface area (Å²) in [6, 6.07) is 1.40. The van der Waals surface area contributed by atoms with Gasteiger partial charge in [0.25, 0.3) is 5.69 Å². The topological polar surface area (TPSA) is 254 Å². The summed E-state index contributed by atoms with van der Waals surface area (Å²) in [6.07, 6.45) is -4.63. The van der Waals surface area contributed by atoms with Gasteiger partial charge in [-0.2, -0.15) is 13.2 Å². The van der Waals surface area contributed by atoms with Crippen LogP contribution >= 0.6 is 0 Å². The first kappa shape index (κ1) is 39.7. The predicted molar refractivity (Wildman–Crippen MR) is 154 cm³/mol. The van der Waals surface area contributed by atoms with Crippen LogP contribution in [0.5, 0.6) is 0 Å². The average molecular weight is 677 g/mol. The summed E-state index contributed by atoms with van der Waals surface area (Å²) in [5.74, 6) is -6.76. The Morgan fingerprint density at radius 1 is 0.957 bits per heavy atom. The summed E-state index contributed by atoms with van der Waals surface area (Å²) in [4.78, 5) is 94.1. The summed E-state index contributed by atoms with van der Waals surface area (Å²) in [5.41, 5.74) is 0.183. The van der Waals surface area contributed by atoms with Crippen LogP contribution in [0.15, 0.2) is 24.3 Å². The number of aliphatic carboxylic acids is 2. The Morgan fingerprint density at radius 3 is 2.02 bits per heavy atom. The van der Waals surface area contributed by atoms with Crippen LogP contribution in [0.25, 0.3) is 0 Å². The zero-order valence-electron chi connectivity index (χ0n) is 25.5. The number of carbonyl (C=O) groups is 7. The first-order chi connectivity index (χ1) is 21.8. The van der Waals surface area contributed by atoms with Crippen LogP contribution in [-0.4, -0.2) is 98.4 Å². The first-order valence-electron chi connectivity index (χ1n) is 14.1. The summed E-state index contributed by atoms with van der Waals surface area (Å²) in [7, 11) is 0. The molecule has 0 unspecified atom stereocenters. The number of carboxylic acids is 2. The van der Waals surface area contributed by atoms with Gasteiger partial charge in [0.1, 0.15) is 24.2 Å². The number of nitro groups is 1. The Morgan fingerprint density at radius 2 is 1.53 bits per heavy atom. The van der Waals surface area contributed by atoms with Crippen LogP contribution in [0.2, 0.25) is 0 Å². The van der Waals surface area contributed by atoms with Crippen molar-refractivity contribution in [2.24, 2.45) is 0 Å². The van der Waals surface area contributed by atoms with Gasteiger partial charge < -0.3 is 36.4 Å². The van der Waals surface area contributed by atoms with Gasteiger partial charge in [-0.05, 0) is 45.2 Å². The molecule has 0 saturated carbocycles. The molecule has 4 atom stereocenters. The number of hydrogen-bond acceptors (Lipinski definition) is 9. The molecule has 20 heteroatoms. The molecule has 260 valence electrons. The van der Waals surface area contributed by atoms with E-state index in [4.69, 9.17) is 15.0 Å². The molecule has 0 aromatic heterocycles. The van der Waals surface area contributed by atoms with Crippen molar-refractivity contribution in [2.75, 3.05) is 11.9 Å². The lowest BCUT2D eigenvalue weighted by atomic mass is 10.1. The van der Waals surface area contributed by atoms with Crippen LogP contribution < -0.4 is 21.3 Å². The minimum absolute atomic E-state index is 0.135. The van der Waals surface area contributed by atoms with E-state index in [1.807, 2.05) is 0 Å². The minimum atomic E-state index is -5.08. The number of non-ortho nitro benzene ring substituents is 1. The summed E-state index contributed by atoms with van der Waals surface area (Å²) < 4.78 is 31.7. The van der Waals surface area contributed by atoms with E-state index in [1.54, 1.807) is 6.92 Å². The molecule has 1 fully saturated rings. The maximum absolute atomic E-state index is 13.1. The van der Waals surface area contributed by atoms with Crippen LogP contribution in [0, 0.1) is 10.1 Å². The van der Waals surface area contributed by atoms with Gasteiger partial charge in [-0.15, -0.1) is 0 Å². The quantitative estimate of drug-likeness (QED) is 0.127. The van der Waals surface area contributed by atoms with Crippen molar-refractivity contribution in [1.82, 2.24) is 20.9 Å². The number of nitro benzene ring substituents is 1.